The number of nitriles is 1. The molecule has 2 aromatic rings. The Morgan fingerprint density at radius 1 is 1.05 bits per heavy atom. The van der Waals surface area contributed by atoms with E-state index >= 15 is 0 Å². The van der Waals surface area contributed by atoms with Crippen LogP contribution in [0.25, 0.3) is 0 Å². The Morgan fingerprint density at radius 3 is 2.59 bits per heavy atom. The minimum absolute atomic E-state index is 0.0970. The van der Waals surface area contributed by atoms with Gasteiger partial charge in [-0.25, -0.2) is 0 Å². The van der Waals surface area contributed by atoms with Crippen molar-refractivity contribution in [2.75, 3.05) is 19.8 Å². The molecule has 0 saturated carbocycles. The zero-order valence-electron chi connectivity index (χ0n) is 12.0. The zero-order chi connectivity index (χ0) is 15.6. The number of hydrogen-bond donors (Lipinski definition) is 1. The summed E-state index contributed by atoms with van der Waals surface area (Å²) in [4.78, 5) is 11.6. The van der Waals surface area contributed by atoms with E-state index in [0.29, 0.717) is 24.5 Å². The van der Waals surface area contributed by atoms with Gasteiger partial charge in [0.25, 0.3) is 5.91 Å². The summed E-state index contributed by atoms with van der Waals surface area (Å²) < 4.78 is 10.8. The lowest BCUT2D eigenvalue weighted by Gasteiger charge is -2.09. The Hall–Kier alpha value is -3.00. The molecule has 0 aliphatic heterocycles. The quantitative estimate of drug-likeness (QED) is 0.795. The maximum absolute atomic E-state index is 11.6. The van der Waals surface area contributed by atoms with Gasteiger partial charge in [0.1, 0.15) is 18.1 Å². The van der Waals surface area contributed by atoms with Crippen molar-refractivity contribution in [2.45, 2.75) is 0 Å². The Bertz CT molecular complexity index is 650. The predicted octanol–water partition coefficient (Wildman–Crippen LogP) is 2.13. The third-order valence-electron chi connectivity index (χ3n) is 2.77. The monoisotopic (exact) mass is 296 g/mol. The van der Waals surface area contributed by atoms with E-state index in [2.05, 4.69) is 5.32 Å². The third-order valence-corrected chi connectivity index (χ3v) is 2.77. The highest BCUT2D eigenvalue weighted by Crippen LogP contribution is 2.12. The molecule has 2 aromatic carbocycles. The molecule has 0 saturated heterocycles. The topological polar surface area (TPSA) is 71.3 Å². The molecule has 1 N–H and O–H groups in total. The average molecular weight is 296 g/mol. The predicted molar refractivity (Wildman–Crippen MR) is 81.6 cm³/mol. The van der Waals surface area contributed by atoms with Gasteiger partial charge in [0.05, 0.1) is 18.2 Å². The van der Waals surface area contributed by atoms with E-state index in [1.54, 1.807) is 24.3 Å². The Balaban J connectivity index is 1.64. The van der Waals surface area contributed by atoms with Gasteiger partial charge < -0.3 is 14.8 Å². The van der Waals surface area contributed by atoms with Crippen LogP contribution in [0.5, 0.6) is 11.5 Å². The molecule has 5 nitrogen and oxygen atoms in total. The lowest BCUT2D eigenvalue weighted by Crippen LogP contribution is -2.32. The first-order valence-corrected chi connectivity index (χ1v) is 6.85. The smallest absolute Gasteiger partial charge is 0.258 e. The number of para-hydroxylation sites is 1. The molecule has 0 atom stereocenters. The minimum atomic E-state index is -0.237. The first kappa shape index (κ1) is 15.4. The first-order valence-electron chi connectivity index (χ1n) is 6.85. The van der Waals surface area contributed by atoms with Gasteiger partial charge in [-0.15, -0.1) is 0 Å². The van der Waals surface area contributed by atoms with Crippen LogP contribution in [0, 0.1) is 11.3 Å². The van der Waals surface area contributed by atoms with Gasteiger partial charge in [-0.1, -0.05) is 24.3 Å². The molecule has 1 amide bonds. The van der Waals surface area contributed by atoms with Gasteiger partial charge in [0.2, 0.25) is 0 Å². The second-order valence-corrected chi connectivity index (χ2v) is 4.44. The van der Waals surface area contributed by atoms with Crippen LogP contribution < -0.4 is 14.8 Å². The molecule has 22 heavy (non-hydrogen) atoms. The largest absolute Gasteiger partial charge is 0.492 e. The maximum Gasteiger partial charge on any atom is 0.258 e. The van der Waals surface area contributed by atoms with Crippen LogP contribution in [0.2, 0.25) is 0 Å². The molecule has 112 valence electrons. The molecule has 0 radical (unpaired) electrons. The number of nitrogens with zero attached hydrogens (tertiary/aromatic N) is 1. The summed E-state index contributed by atoms with van der Waals surface area (Å²) in [5.74, 6) is 1.02. The number of rotatable bonds is 7. The molecule has 5 heteroatoms. The van der Waals surface area contributed by atoms with Crippen LogP contribution in [-0.4, -0.2) is 25.7 Å². The number of benzene rings is 2. The van der Waals surface area contributed by atoms with Crippen molar-refractivity contribution in [3.8, 4) is 17.6 Å². The minimum Gasteiger partial charge on any atom is -0.492 e. The molecule has 0 aliphatic carbocycles. The highest BCUT2D eigenvalue weighted by molar-refractivity contribution is 5.77. The molecule has 0 unspecified atom stereocenters. The summed E-state index contributed by atoms with van der Waals surface area (Å²) in [6.07, 6.45) is 0. The molecule has 0 fully saturated rings. The third kappa shape index (κ3) is 5.17. The first-order chi connectivity index (χ1) is 10.8. The van der Waals surface area contributed by atoms with Crippen molar-refractivity contribution in [1.82, 2.24) is 5.32 Å². The van der Waals surface area contributed by atoms with E-state index in [0.717, 1.165) is 5.75 Å². The SMILES string of the molecule is N#Cc1cccc(OCC(=O)NCCOc2ccccc2)c1. The van der Waals surface area contributed by atoms with Gasteiger partial charge in [-0.2, -0.15) is 5.26 Å². The standard InChI is InChI=1S/C17H16N2O3/c18-12-14-5-4-8-16(11-14)22-13-17(20)19-9-10-21-15-6-2-1-3-7-15/h1-8,11H,9-10,13H2,(H,19,20). The van der Waals surface area contributed by atoms with Crippen molar-refractivity contribution in [2.24, 2.45) is 0 Å². The van der Waals surface area contributed by atoms with Crippen LogP contribution in [0.15, 0.2) is 54.6 Å². The maximum atomic E-state index is 11.6. The van der Waals surface area contributed by atoms with Crippen LogP contribution >= 0.6 is 0 Å². The average Bonchev–Trinajstić information content (AvgIpc) is 2.58. The summed E-state index contributed by atoms with van der Waals surface area (Å²) in [6.45, 7) is 0.690. The van der Waals surface area contributed by atoms with E-state index < -0.39 is 0 Å². The molecule has 2 rings (SSSR count). The zero-order valence-corrected chi connectivity index (χ0v) is 12.0. The molecule has 0 aromatic heterocycles. The van der Waals surface area contributed by atoms with E-state index in [1.807, 2.05) is 36.4 Å². The number of carbonyl (C=O) groups is 1. The van der Waals surface area contributed by atoms with Crippen molar-refractivity contribution < 1.29 is 14.3 Å². The second-order valence-electron chi connectivity index (χ2n) is 4.44. The fourth-order valence-electron chi connectivity index (χ4n) is 1.73. The Labute approximate surface area is 129 Å². The number of ether oxygens (including phenoxy) is 2. The van der Waals surface area contributed by atoms with Crippen molar-refractivity contribution in [3.05, 3.63) is 60.2 Å². The van der Waals surface area contributed by atoms with E-state index in [4.69, 9.17) is 14.7 Å². The summed E-state index contributed by atoms with van der Waals surface area (Å²) in [7, 11) is 0. The van der Waals surface area contributed by atoms with Crippen molar-refractivity contribution >= 4 is 5.91 Å². The van der Waals surface area contributed by atoms with Crippen LogP contribution in [0.4, 0.5) is 0 Å². The summed E-state index contributed by atoms with van der Waals surface area (Å²) in [5.41, 5.74) is 0.495. The van der Waals surface area contributed by atoms with Crippen molar-refractivity contribution in [3.63, 3.8) is 0 Å². The molecule has 0 aliphatic rings. The summed E-state index contributed by atoms with van der Waals surface area (Å²) in [5, 5.41) is 11.5. The van der Waals surface area contributed by atoms with Gasteiger partial charge in [-0.05, 0) is 30.3 Å². The Morgan fingerprint density at radius 2 is 1.82 bits per heavy atom. The molecular formula is C17H16N2O3. The van der Waals surface area contributed by atoms with E-state index in [-0.39, 0.29) is 12.5 Å². The lowest BCUT2D eigenvalue weighted by molar-refractivity contribution is -0.123. The fraction of sp³-hybridized carbons (Fsp3) is 0.176. The van der Waals surface area contributed by atoms with Crippen LogP contribution in [0.1, 0.15) is 5.56 Å². The van der Waals surface area contributed by atoms with Gasteiger partial charge in [-0.3, -0.25) is 4.79 Å². The van der Waals surface area contributed by atoms with Crippen LogP contribution in [-0.2, 0) is 4.79 Å². The summed E-state index contributed by atoms with van der Waals surface area (Å²) >= 11 is 0. The van der Waals surface area contributed by atoms with Crippen LogP contribution in [0.3, 0.4) is 0 Å². The Kier molecular flexibility index (Phi) is 5.82. The van der Waals surface area contributed by atoms with E-state index in [9.17, 15) is 4.79 Å². The van der Waals surface area contributed by atoms with Gasteiger partial charge >= 0.3 is 0 Å². The molecule has 0 heterocycles. The number of nitrogens with one attached hydrogen (secondary N) is 1. The molecule has 0 bridgehead atoms. The van der Waals surface area contributed by atoms with Gasteiger partial charge in [0, 0.05) is 0 Å². The highest BCUT2D eigenvalue weighted by Gasteiger charge is 2.03. The number of amides is 1. The van der Waals surface area contributed by atoms with E-state index in [1.165, 1.54) is 0 Å². The fourth-order valence-corrected chi connectivity index (χ4v) is 1.73. The number of carbonyl (C=O) groups excluding carboxylic acids is 1. The number of hydrogen-bond acceptors (Lipinski definition) is 4. The van der Waals surface area contributed by atoms with Gasteiger partial charge in [0.15, 0.2) is 6.61 Å². The molecule has 0 spiro atoms. The summed E-state index contributed by atoms with van der Waals surface area (Å²) in [6, 6.07) is 18.1. The highest BCUT2D eigenvalue weighted by atomic mass is 16.5. The second kappa shape index (κ2) is 8.32. The molecular weight excluding hydrogens is 280 g/mol. The van der Waals surface area contributed by atoms with Crippen molar-refractivity contribution in [1.29, 1.82) is 5.26 Å². The normalized spacial score (nSPS) is 9.59. The lowest BCUT2D eigenvalue weighted by atomic mass is 10.2.